The van der Waals surface area contributed by atoms with Gasteiger partial charge < -0.3 is 25.8 Å². The highest BCUT2D eigenvalue weighted by Crippen LogP contribution is 2.34. The minimum Gasteiger partial charge on any atom is -0.508 e. The maximum Gasteiger partial charge on any atom is 0.435 e. The lowest BCUT2D eigenvalue weighted by Crippen LogP contribution is -2.32. The Kier molecular flexibility index (Phi) is 9.57. The summed E-state index contributed by atoms with van der Waals surface area (Å²) in [5.41, 5.74) is -0.131. The number of carbonyl (C=O) groups excluding carboxylic acids is 2. The first-order valence-corrected chi connectivity index (χ1v) is 15.2. The van der Waals surface area contributed by atoms with Gasteiger partial charge in [0.25, 0.3) is 5.91 Å². The maximum atomic E-state index is 13.8. The van der Waals surface area contributed by atoms with E-state index in [1.807, 2.05) is 18.2 Å². The number of benzene rings is 2. The Morgan fingerprint density at radius 2 is 1.85 bits per heavy atom. The van der Waals surface area contributed by atoms with Crippen LogP contribution in [0.5, 0.6) is 0 Å². The van der Waals surface area contributed by atoms with E-state index in [4.69, 9.17) is 4.74 Å². The fourth-order valence-corrected chi connectivity index (χ4v) is 5.17. The van der Waals surface area contributed by atoms with Crippen LogP contribution in [0.15, 0.2) is 78.6 Å². The molecule has 0 spiro atoms. The Labute approximate surface area is 265 Å². The quantitative estimate of drug-likeness (QED) is 0.186. The van der Waals surface area contributed by atoms with E-state index in [2.05, 4.69) is 21.0 Å². The minimum absolute atomic E-state index is 0.0476. The van der Waals surface area contributed by atoms with Crippen molar-refractivity contribution in [3.05, 3.63) is 101 Å². The van der Waals surface area contributed by atoms with Gasteiger partial charge in [0.15, 0.2) is 5.69 Å². The number of carbonyl (C=O) groups is 2. The maximum absolute atomic E-state index is 13.8. The average Bonchev–Trinajstić information content (AvgIpc) is 3.69. The standard InChI is InChI=1S/C34H38F3N5O4/c1-33(2,3)46-32(45)39-20-22-6-4-9-26(16-22)42-28(18-29(41-42)34(35,36)37)31(44)40-25-8-5-7-24(17-25)30(38-19-21-10-11-21)23-12-14-27(43)15-13-23/h4-9,12,14-18,21,23,30,38,43H,10-11,13,19-20H2,1-3H3,(H,39,45)(H,40,44). The van der Waals surface area contributed by atoms with Crippen LogP contribution in [0.1, 0.15) is 73.4 Å². The highest BCUT2D eigenvalue weighted by molar-refractivity contribution is 6.03. The van der Waals surface area contributed by atoms with Crippen LogP contribution in [-0.4, -0.2) is 39.0 Å². The summed E-state index contributed by atoms with van der Waals surface area (Å²) in [7, 11) is 0. The summed E-state index contributed by atoms with van der Waals surface area (Å²) < 4.78 is 47.6. The molecule has 2 unspecified atom stereocenters. The van der Waals surface area contributed by atoms with Gasteiger partial charge in [0.05, 0.1) is 5.69 Å². The molecule has 0 saturated heterocycles. The first kappa shape index (κ1) is 32.8. The highest BCUT2D eigenvalue weighted by Gasteiger charge is 2.36. The highest BCUT2D eigenvalue weighted by atomic mass is 19.4. The third kappa shape index (κ3) is 8.78. The second-order valence-corrected chi connectivity index (χ2v) is 12.6. The van der Waals surface area contributed by atoms with Crippen LogP contribution >= 0.6 is 0 Å². The number of halogens is 3. The third-order valence-corrected chi connectivity index (χ3v) is 7.59. The summed E-state index contributed by atoms with van der Waals surface area (Å²) in [6.45, 7) is 6.08. The molecular formula is C34H38F3N5O4. The summed E-state index contributed by atoms with van der Waals surface area (Å²) in [5, 5.41) is 22.6. The molecule has 3 aromatic rings. The molecule has 2 amide bonds. The molecule has 1 heterocycles. The van der Waals surface area contributed by atoms with Crippen molar-refractivity contribution in [3.63, 3.8) is 0 Å². The zero-order valence-electron chi connectivity index (χ0n) is 25.9. The predicted molar refractivity (Wildman–Crippen MR) is 167 cm³/mol. The van der Waals surface area contributed by atoms with Crippen molar-refractivity contribution in [2.24, 2.45) is 11.8 Å². The van der Waals surface area contributed by atoms with E-state index < -0.39 is 29.5 Å². The van der Waals surface area contributed by atoms with Gasteiger partial charge in [-0.05, 0) is 100 Å². The number of anilines is 1. The van der Waals surface area contributed by atoms with E-state index in [0.29, 0.717) is 23.6 Å². The SMILES string of the molecule is CC(C)(C)OC(=O)NCc1cccc(-n2nc(C(F)(F)F)cc2C(=O)Nc2cccc(C(NCC3CC3)C3C=CC(O)=CC3)c2)c1. The summed E-state index contributed by atoms with van der Waals surface area (Å²) in [5.74, 6) is 0.133. The van der Waals surface area contributed by atoms with E-state index in [1.54, 1.807) is 63.3 Å². The van der Waals surface area contributed by atoms with Crippen LogP contribution in [-0.2, 0) is 17.5 Å². The number of hydrogen-bond acceptors (Lipinski definition) is 6. The number of alkyl halides is 3. The van der Waals surface area contributed by atoms with Crippen LogP contribution in [0.3, 0.4) is 0 Å². The van der Waals surface area contributed by atoms with Crippen LogP contribution in [0, 0.1) is 11.8 Å². The zero-order valence-corrected chi connectivity index (χ0v) is 25.9. The molecule has 1 saturated carbocycles. The van der Waals surface area contributed by atoms with Gasteiger partial charge in [-0.15, -0.1) is 0 Å². The minimum atomic E-state index is -4.78. The summed E-state index contributed by atoms with van der Waals surface area (Å²) in [6.07, 6.45) is 2.95. The molecule has 46 heavy (non-hydrogen) atoms. The number of aliphatic hydroxyl groups excluding tert-OH is 1. The van der Waals surface area contributed by atoms with Crippen molar-refractivity contribution < 1.29 is 32.6 Å². The average molecular weight is 638 g/mol. The zero-order chi connectivity index (χ0) is 33.1. The van der Waals surface area contributed by atoms with Gasteiger partial charge in [-0.3, -0.25) is 4.79 Å². The van der Waals surface area contributed by atoms with Gasteiger partial charge in [-0.2, -0.15) is 18.3 Å². The number of ether oxygens (including phenoxy) is 1. The number of alkyl carbamates (subject to hydrolysis) is 1. The van der Waals surface area contributed by atoms with E-state index >= 15 is 0 Å². The lowest BCUT2D eigenvalue weighted by Gasteiger charge is -2.28. The number of hydrogen-bond donors (Lipinski definition) is 4. The van der Waals surface area contributed by atoms with Crippen LogP contribution in [0.25, 0.3) is 5.69 Å². The van der Waals surface area contributed by atoms with Crippen molar-refractivity contribution in [2.45, 2.75) is 64.4 Å². The van der Waals surface area contributed by atoms with Crippen molar-refractivity contribution in [1.82, 2.24) is 20.4 Å². The summed E-state index contributed by atoms with van der Waals surface area (Å²) in [6, 6.07) is 14.2. The number of aliphatic hydroxyl groups is 1. The molecule has 5 rings (SSSR count). The lowest BCUT2D eigenvalue weighted by molar-refractivity contribution is -0.141. The van der Waals surface area contributed by atoms with E-state index in [9.17, 15) is 27.9 Å². The predicted octanol–water partition coefficient (Wildman–Crippen LogP) is 7.23. The molecule has 1 fully saturated rings. The van der Waals surface area contributed by atoms with Crippen LogP contribution in [0.4, 0.5) is 23.7 Å². The van der Waals surface area contributed by atoms with Gasteiger partial charge in [-0.1, -0.05) is 30.3 Å². The number of rotatable bonds is 10. The summed E-state index contributed by atoms with van der Waals surface area (Å²) in [4.78, 5) is 25.7. The van der Waals surface area contributed by atoms with E-state index in [-0.39, 0.29) is 35.6 Å². The largest absolute Gasteiger partial charge is 0.508 e. The second-order valence-electron chi connectivity index (χ2n) is 12.6. The second kappa shape index (κ2) is 13.4. The van der Waals surface area contributed by atoms with Crippen molar-refractivity contribution in [1.29, 1.82) is 0 Å². The molecule has 0 bridgehead atoms. The van der Waals surface area contributed by atoms with Crippen molar-refractivity contribution in [3.8, 4) is 5.69 Å². The number of allylic oxidation sites excluding steroid dienone is 2. The van der Waals surface area contributed by atoms with Crippen molar-refractivity contribution >= 4 is 17.7 Å². The Bertz CT molecular complexity index is 1640. The molecule has 2 aliphatic carbocycles. The van der Waals surface area contributed by atoms with Gasteiger partial charge in [0.1, 0.15) is 17.1 Å². The first-order chi connectivity index (χ1) is 21.7. The van der Waals surface area contributed by atoms with Gasteiger partial charge in [0.2, 0.25) is 0 Å². The van der Waals surface area contributed by atoms with Gasteiger partial charge in [0, 0.05) is 30.3 Å². The molecule has 2 aromatic carbocycles. The van der Waals surface area contributed by atoms with Gasteiger partial charge >= 0.3 is 12.3 Å². The molecule has 244 valence electrons. The number of aromatic nitrogens is 2. The molecule has 12 heteroatoms. The lowest BCUT2D eigenvalue weighted by atomic mass is 9.87. The third-order valence-electron chi connectivity index (χ3n) is 7.59. The fraction of sp³-hybridized carbons (Fsp3) is 0.382. The smallest absolute Gasteiger partial charge is 0.435 e. The topological polar surface area (TPSA) is 118 Å². The molecule has 1 aromatic heterocycles. The fourth-order valence-electron chi connectivity index (χ4n) is 5.17. The monoisotopic (exact) mass is 637 g/mol. The number of nitrogens with one attached hydrogen (secondary N) is 3. The van der Waals surface area contributed by atoms with E-state index in [1.165, 1.54) is 18.9 Å². The van der Waals surface area contributed by atoms with E-state index in [0.717, 1.165) is 22.9 Å². The Morgan fingerprint density at radius 3 is 2.52 bits per heavy atom. The molecule has 2 aliphatic rings. The molecule has 0 radical (unpaired) electrons. The van der Waals surface area contributed by atoms with Crippen molar-refractivity contribution in [2.75, 3.05) is 11.9 Å². The van der Waals surface area contributed by atoms with Crippen LogP contribution < -0.4 is 16.0 Å². The molecular weight excluding hydrogens is 599 g/mol. The Balaban J connectivity index is 1.38. The number of nitrogens with zero attached hydrogens (tertiary/aromatic N) is 2. The van der Waals surface area contributed by atoms with Gasteiger partial charge in [-0.25, -0.2) is 9.48 Å². The van der Waals surface area contributed by atoms with Crippen LogP contribution in [0.2, 0.25) is 0 Å². The number of amides is 2. The Morgan fingerprint density at radius 1 is 1.09 bits per heavy atom. The molecule has 2 atom stereocenters. The molecule has 0 aliphatic heterocycles. The first-order valence-electron chi connectivity index (χ1n) is 15.2. The molecule has 9 nitrogen and oxygen atoms in total. The summed E-state index contributed by atoms with van der Waals surface area (Å²) >= 11 is 0. The molecule has 4 N–H and O–H groups in total. The Hall–Kier alpha value is -4.58. The normalized spacial score (nSPS) is 17.3.